The van der Waals surface area contributed by atoms with Crippen LogP contribution in [0.3, 0.4) is 0 Å². The smallest absolute Gasteiger partial charge is 0.329 e. The number of aliphatic imine (C=N–C) groups is 2. The lowest BCUT2D eigenvalue weighted by atomic mass is 10.0. The molecule has 0 aliphatic rings. The van der Waals surface area contributed by atoms with E-state index in [1.165, 1.54) is 0 Å². The molecule has 0 saturated carbocycles. The third-order valence-electron chi connectivity index (χ3n) is 9.54. The second kappa shape index (κ2) is 20.9. The first kappa shape index (κ1) is 42.3. The normalized spacial score (nSPS) is 13.1. The van der Waals surface area contributed by atoms with E-state index in [2.05, 4.69) is 35.9 Å². The molecule has 0 fully saturated rings. The Bertz CT molecular complexity index is 2210. The standard InChI is InChI=1S/C41H52N12O5/c42-30(14-8-18-47-40(43)44)36(54)52-34(20-26-22-49-31-15-6-4-12-28(26)31)38(56)51-33(17-9-19-48-41(45)46)37(55)53-35(39(57)58-24-25-10-2-1-3-11-25)21-27-23-50-32-16-7-5-13-29(27)32/h1-7,10-13,15-16,22-23,30,33-35,49-50H,8-9,14,17-21,24,42H2,(H,51,56)(H,52,54)(H,53,55)(H4,43,44,47)(H4,45,46,48)/t30-,33-,34-,35-/m0/s1. The number of fused-ring (bicyclic) bond motifs is 2. The Morgan fingerprint density at radius 1 is 0.603 bits per heavy atom. The van der Waals surface area contributed by atoms with Crippen molar-refractivity contribution in [2.24, 2.45) is 38.7 Å². The molecule has 0 aliphatic carbocycles. The summed E-state index contributed by atoms with van der Waals surface area (Å²) in [5.41, 5.74) is 32.2. The number of esters is 1. The Kier molecular flexibility index (Phi) is 15.2. The van der Waals surface area contributed by atoms with Gasteiger partial charge in [-0.05, 0) is 54.5 Å². The highest BCUT2D eigenvalue weighted by molar-refractivity contribution is 5.95. The molecule has 58 heavy (non-hydrogen) atoms. The molecule has 306 valence electrons. The number of nitrogens with zero attached hydrogens (tertiary/aromatic N) is 2. The number of hydrogen-bond donors (Lipinski definition) is 10. The zero-order valence-corrected chi connectivity index (χ0v) is 32.2. The predicted octanol–water partition coefficient (Wildman–Crippen LogP) is 1.07. The molecule has 2 heterocycles. The first-order valence-electron chi connectivity index (χ1n) is 19.1. The van der Waals surface area contributed by atoms with Gasteiger partial charge in [0.2, 0.25) is 17.7 Å². The Morgan fingerprint density at radius 2 is 1.09 bits per heavy atom. The van der Waals surface area contributed by atoms with Crippen molar-refractivity contribution in [1.82, 2.24) is 25.9 Å². The van der Waals surface area contributed by atoms with E-state index in [4.69, 9.17) is 33.4 Å². The molecular weight excluding hydrogens is 741 g/mol. The zero-order chi connectivity index (χ0) is 41.4. The summed E-state index contributed by atoms with van der Waals surface area (Å²) in [6, 6.07) is 19.9. The average molecular weight is 793 g/mol. The molecule has 0 saturated heterocycles. The van der Waals surface area contributed by atoms with Crippen LogP contribution in [0, 0.1) is 0 Å². The SMILES string of the molecule is NC(N)=NCCC[C@H](NC(=O)[C@H](Cc1c[nH]c2ccccc12)NC(=O)[C@@H](N)CCCN=C(N)N)C(=O)N[C@@H](Cc1c[nH]c2ccccc12)C(=O)OCc1ccccc1. The van der Waals surface area contributed by atoms with Crippen LogP contribution in [0.5, 0.6) is 0 Å². The Labute approximate surface area is 335 Å². The number of nitrogens with one attached hydrogen (secondary N) is 5. The average Bonchev–Trinajstić information content (AvgIpc) is 3.82. The van der Waals surface area contributed by atoms with Crippen molar-refractivity contribution in [1.29, 1.82) is 0 Å². The fraction of sp³-hybridized carbons (Fsp3) is 0.317. The van der Waals surface area contributed by atoms with Crippen molar-refractivity contribution in [2.75, 3.05) is 13.1 Å². The Balaban J connectivity index is 1.38. The van der Waals surface area contributed by atoms with E-state index < -0.39 is 47.9 Å². The predicted molar refractivity (Wildman–Crippen MR) is 224 cm³/mol. The minimum Gasteiger partial charge on any atom is -0.459 e. The van der Waals surface area contributed by atoms with Gasteiger partial charge in [0.25, 0.3) is 0 Å². The summed E-state index contributed by atoms with van der Waals surface area (Å²) < 4.78 is 5.70. The monoisotopic (exact) mass is 792 g/mol. The van der Waals surface area contributed by atoms with Crippen LogP contribution in [0.2, 0.25) is 0 Å². The van der Waals surface area contributed by atoms with Gasteiger partial charge >= 0.3 is 5.97 Å². The molecule has 17 heteroatoms. The maximum absolute atomic E-state index is 14.3. The molecule has 4 atom stereocenters. The first-order chi connectivity index (χ1) is 28.0. The van der Waals surface area contributed by atoms with Crippen LogP contribution in [0.25, 0.3) is 21.8 Å². The summed E-state index contributed by atoms with van der Waals surface area (Å²) >= 11 is 0. The van der Waals surface area contributed by atoms with E-state index in [0.717, 1.165) is 38.5 Å². The van der Waals surface area contributed by atoms with Crippen LogP contribution >= 0.6 is 0 Å². The van der Waals surface area contributed by atoms with E-state index >= 15 is 0 Å². The van der Waals surface area contributed by atoms with Crippen molar-refractivity contribution in [3.63, 3.8) is 0 Å². The number of H-pyrrole nitrogens is 2. The number of benzene rings is 3. The van der Waals surface area contributed by atoms with Gasteiger partial charge in [-0.1, -0.05) is 66.7 Å². The molecule has 5 aromatic rings. The number of rotatable bonds is 21. The number of carbonyl (C=O) groups excluding carboxylic acids is 4. The maximum atomic E-state index is 14.3. The number of aromatic nitrogens is 2. The lowest BCUT2D eigenvalue weighted by Crippen LogP contribution is -2.58. The molecule has 17 nitrogen and oxygen atoms in total. The van der Waals surface area contributed by atoms with E-state index in [-0.39, 0.29) is 57.3 Å². The zero-order valence-electron chi connectivity index (χ0n) is 32.2. The van der Waals surface area contributed by atoms with Gasteiger partial charge in [0, 0.05) is 60.1 Å². The largest absolute Gasteiger partial charge is 0.459 e. The number of para-hydroxylation sites is 2. The van der Waals surface area contributed by atoms with Crippen LogP contribution in [0.1, 0.15) is 42.4 Å². The summed E-state index contributed by atoms with van der Waals surface area (Å²) in [4.78, 5) is 70.0. The molecule has 0 spiro atoms. The molecular formula is C41H52N12O5. The number of nitrogens with two attached hydrogens (primary N) is 5. The van der Waals surface area contributed by atoms with Crippen LogP contribution < -0.4 is 44.6 Å². The highest BCUT2D eigenvalue weighted by atomic mass is 16.5. The van der Waals surface area contributed by atoms with Crippen molar-refractivity contribution in [2.45, 2.75) is 69.3 Å². The third-order valence-corrected chi connectivity index (χ3v) is 9.54. The lowest BCUT2D eigenvalue weighted by Gasteiger charge is -2.26. The molecule has 0 unspecified atom stereocenters. The molecule has 0 bridgehead atoms. The molecule has 2 aromatic heterocycles. The number of amides is 3. The van der Waals surface area contributed by atoms with E-state index in [1.807, 2.05) is 78.9 Å². The number of aromatic amines is 2. The lowest BCUT2D eigenvalue weighted by molar-refractivity contribution is -0.149. The van der Waals surface area contributed by atoms with Crippen LogP contribution in [-0.2, 0) is 43.4 Å². The van der Waals surface area contributed by atoms with Crippen molar-refractivity contribution >= 4 is 57.4 Å². The van der Waals surface area contributed by atoms with Gasteiger partial charge in [-0.25, -0.2) is 4.79 Å². The maximum Gasteiger partial charge on any atom is 0.329 e. The van der Waals surface area contributed by atoms with Crippen LogP contribution in [-0.4, -0.2) is 82.8 Å². The third kappa shape index (κ3) is 12.3. The van der Waals surface area contributed by atoms with Gasteiger partial charge in [0.05, 0.1) is 6.04 Å². The van der Waals surface area contributed by atoms with Gasteiger partial charge in [-0.3, -0.25) is 24.4 Å². The number of guanidine groups is 2. The van der Waals surface area contributed by atoms with Gasteiger partial charge in [0.15, 0.2) is 11.9 Å². The highest BCUT2D eigenvalue weighted by Crippen LogP contribution is 2.21. The van der Waals surface area contributed by atoms with Gasteiger partial charge in [-0.15, -0.1) is 0 Å². The molecule has 3 amide bonds. The van der Waals surface area contributed by atoms with Crippen LogP contribution in [0.15, 0.2) is 101 Å². The number of carbonyl (C=O) groups is 4. The summed E-state index contributed by atoms with van der Waals surface area (Å²) in [5.74, 6) is -2.72. The quantitative estimate of drug-likeness (QED) is 0.0218. The van der Waals surface area contributed by atoms with E-state index in [0.29, 0.717) is 12.8 Å². The van der Waals surface area contributed by atoms with Gasteiger partial charge < -0.3 is 59.3 Å². The summed E-state index contributed by atoms with van der Waals surface area (Å²) in [5, 5.41) is 10.2. The second-order valence-corrected chi connectivity index (χ2v) is 13.9. The van der Waals surface area contributed by atoms with Crippen molar-refractivity contribution < 1.29 is 23.9 Å². The second-order valence-electron chi connectivity index (χ2n) is 13.9. The van der Waals surface area contributed by atoms with Crippen molar-refractivity contribution in [3.05, 3.63) is 108 Å². The van der Waals surface area contributed by atoms with Crippen LogP contribution in [0.4, 0.5) is 0 Å². The summed E-state index contributed by atoms with van der Waals surface area (Å²) in [7, 11) is 0. The minimum absolute atomic E-state index is 0.00967. The van der Waals surface area contributed by atoms with Gasteiger partial charge in [-0.2, -0.15) is 0 Å². The minimum atomic E-state index is -1.18. The fourth-order valence-corrected chi connectivity index (χ4v) is 6.52. The fourth-order valence-electron chi connectivity index (χ4n) is 6.52. The summed E-state index contributed by atoms with van der Waals surface area (Å²) in [6.07, 6.45) is 4.77. The Morgan fingerprint density at radius 3 is 1.67 bits per heavy atom. The summed E-state index contributed by atoms with van der Waals surface area (Å²) in [6.45, 7) is 0.439. The number of ether oxygens (including phenoxy) is 1. The molecule has 0 aliphatic heterocycles. The van der Waals surface area contributed by atoms with Crippen molar-refractivity contribution in [3.8, 4) is 0 Å². The number of hydrogen-bond acceptors (Lipinski definition) is 8. The molecule has 0 radical (unpaired) electrons. The molecule has 5 rings (SSSR count). The molecule has 3 aromatic carbocycles. The highest BCUT2D eigenvalue weighted by Gasteiger charge is 2.32. The van der Waals surface area contributed by atoms with Gasteiger partial charge in [0.1, 0.15) is 24.7 Å². The van der Waals surface area contributed by atoms with E-state index in [9.17, 15) is 19.2 Å². The van der Waals surface area contributed by atoms with E-state index in [1.54, 1.807) is 12.4 Å². The Hall–Kier alpha value is -6.88. The topological polar surface area (TPSA) is 300 Å². The first-order valence-corrected chi connectivity index (χ1v) is 19.1. The molecule has 15 N–H and O–H groups in total.